The van der Waals surface area contributed by atoms with E-state index in [1.165, 1.54) is 16.2 Å². The lowest BCUT2D eigenvalue weighted by Gasteiger charge is -2.08. The summed E-state index contributed by atoms with van der Waals surface area (Å²) in [6.07, 6.45) is 1.26. The quantitative estimate of drug-likeness (QED) is 0.360. The maximum absolute atomic E-state index is 11.0. The molecule has 26 heavy (non-hydrogen) atoms. The van der Waals surface area contributed by atoms with Gasteiger partial charge in [-0.1, -0.05) is 24.3 Å². The van der Waals surface area contributed by atoms with E-state index < -0.39 is 6.04 Å². The van der Waals surface area contributed by atoms with Crippen molar-refractivity contribution in [3.8, 4) is 0 Å². The first-order valence-corrected chi connectivity index (χ1v) is 10.2. The third-order valence-corrected chi connectivity index (χ3v) is 4.96. The molecule has 0 radical (unpaired) electrons. The number of carbonyl (C=O) groups excluding carboxylic acids is 1. The number of hydrogen-bond donors (Lipinski definition) is 3. The fraction of sp³-hybridized carbons (Fsp3) is 0.316. The summed E-state index contributed by atoms with van der Waals surface area (Å²) >= 11 is 4.49. The van der Waals surface area contributed by atoms with Crippen LogP contribution in [-0.4, -0.2) is 36.9 Å². The average Bonchev–Trinajstić information content (AvgIpc) is 2.65. The second-order valence-corrected chi connectivity index (χ2v) is 8.22. The number of ether oxygens (including phenoxy) is 1. The Morgan fingerprint density at radius 2 is 1.38 bits per heavy atom. The number of hydrogen-bond acceptors (Lipinski definition) is 5. The van der Waals surface area contributed by atoms with E-state index in [-0.39, 0.29) is 18.6 Å². The normalized spacial score (nSPS) is 12.5. The van der Waals surface area contributed by atoms with Crippen LogP contribution in [0.15, 0.2) is 48.5 Å². The molecular weight excluding hydrogens is 558 g/mol. The highest BCUT2D eigenvalue weighted by atomic mass is 127. The molecule has 2 atom stereocenters. The minimum Gasteiger partial charge on any atom is -0.468 e. The molecule has 0 aromatic heterocycles. The summed E-state index contributed by atoms with van der Waals surface area (Å²) in [5.41, 5.74) is 13.4. The van der Waals surface area contributed by atoms with Gasteiger partial charge in [-0.3, -0.25) is 4.79 Å². The summed E-state index contributed by atoms with van der Waals surface area (Å²) in [6.45, 7) is 0.0476. The second kappa shape index (κ2) is 12.6. The number of benzene rings is 2. The molecule has 0 spiro atoms. The molecule has 0 fully saturated rings. The van der Waals surface area contributed by atoms with Gasteiger partial charge in [0, 0.05) is 13.2 Å². The summed E-state index contributed by atoms with van der Waals surface area (Å²) in [6, 6.07) is 15.4. The number of carbonyl (C=O) groups is 1. The summed E-state index contributed by atoms with van der Waals surface area (Å²) in [4.78, 5) is 11.0. The van der Waals surface area contributed by atoms with Crippen molar-refractivity contribution in [2.24, 2.45) is 11.5 Å². The van der Waals surface area contributed by atoms with E-state index in [9.17, 15) is 4.79 Å². The number of esters is 1. The Morgan fingerprint density at radius 3 is 1.77 bits per heavy atom. The van der Waals surface area contributed by atoms with Gasteiger partial charge in [-0.2, -0.15) is 0 Å². The monoisotopic (exact) mass is 582 g/mol. The molecule has 0 saturated carbocycles. The minimum absolute atomic E-state index is 0.0476. The molecule has 2 rings (SSSR count). The fourth-order valence-electron chi connectivity index (χ4n) is 2.10. The third-order valence-electron chi connectivity index (χ3n) is 3.52. The maximum Gasteiger partial charge on any atom is 0.322 e. The van der Waals surface area contributed by atoms with Crippen molar-refractivity contribution in [3.63, 3.8) is 0 Å². The predicted octanol–water partition coefficient (Wildman–Crippen LogP) is 2.49. The molecule has 5 N–H and O–H groups in total. The van der Waals surface area contributed by atoms with Crippen LogP contribution in [0.4, 0.5) is 0 Å². The summed E-state index contributed by atoms with van der Waals surface area (Å²) in [5, 5.41) is 8.72. The van der Waals surface area contributed by atoms with Crippen molar-refractivity contribution < 1.29 is 14.6 Å². The molecule has 0 aliphatic rings. The smallest absolute Gasteiger partial charge is 0.322 e. The van der Waals surface area contributed by atoms with Crippen molar-refractivity contribution in [1.82, 2.24) is 0 Å². The molecule has 0 amide bonds. The van der Waals surface area contributed by atoms with E-state index in [2.05, 4.69) is 49.9 Å². The first-order valence-electron chi connectivity index (χ1n) is 8.04. The molecule has 0 heterocycles. The Hall–Kier alpha value is -0.750. The van der Waals surface area contributed by atoms with E-state index in [1.807, 2.05) is 48.5 Å². The molecule has 142 valence electrons. The number of rotatable bonds is 6. The third kappa shape index (κ3) is 9.26. The maximum atomic E-state index is 11.0. The van der Waals surface area contributed by atoms with Gasteiger partial charge < -0.3 is 21.3 Å². The van der Waals surface area contributed by atoms with Crippen LogP contribution < -0.4 is 11.5 Å². The number of halogens is 2. The zero-order valence-corrected chi connectivity index (χ0v) is 18.9. The van der Waals surface area contributed by atoms with Crippen LogP contribution in [0.3, 0.4) is 0 Å². The van der Waals surface area contributed by atoms with Gasteiger partial charge in [0.25, 0.3) is 0 Å². The molecule has 2 unspecified atom stereocenters. The molecule has 0 aliphatic heterocycles. The molecule has 2 aromatic rings. The van der Waals surface area contributed by atoms with Gasteiger partial charge in [-0.05, 0) is 93.4 Å². The summed E-state index contributed by atoms with van der Waals surface area (Å²) in [7, 11) is 1.34. The first-order chi connectivity index (χ1) is 12.3. The summed E-state index contributed by atoms with van der Waals surface area (Å²) < 4.78 is 6.92. The molecule has 0 saturated heterocycles. The number of nitrogens with two attached hydrogens (primary N) is 2. The minimum atomic E-state index is -0.569. The number of methoxy groups -OCH3 is 1. The van der Waals surface area contributed by atoms with Crippen LogP contribution in [-0.2, 0) is 22.4 Å². The zero-order valence-electron chi connectivity index (χ0n) is 14.6. The van der Waals surface area contributed by atoms with Crippen LogP contribution in [0.5, 0.6) is 0 Å². The molecular formula is C19H24I2N2O3. The second-order valence-electron chi connectivity index (χ2n) is 5.73. The van der Waals surface area contributed by atoms with Gasteiger partial charge >= 0.3 is 5.97 Å². The zero-order chi connectivity index (χ0) is 19.5. The topological polar surface area (TPSA) is 98.6 Å². The van der Waals surface area contributed by atoms with Crippen LogP contribution in [0.1, 0.15) is 11.1 Å². The van der Waals surface area contributed by atoms with Crippen LogP contribution in [0.25, 0.3) is 0 Å². The lowest BCUT2D eigenvalue weighted by molar-refractivity contribution is -0.142. The molecule has 0 bridgehead atoms. The van der Waals surface area contributed by atoms with E-state index in [1.54, 1.807) is 0 Å². The Labute approximate surface area is 181 Å². The van der Waals surface area contributed by atoms with Gasteiger partial charge in [0.15, 0.2) is 0 Å². The van der Waals surface area contributed by atoms with Crippen LogP contribution in [0.2, 0.25) is 0 Å². The van der Waals surface area contributed by atoms with E-state index in [0.29, 0.717) is 6.42 Å². The van der Waals surface area contributed by atoms with Gasteiger partial charge in [-0.15, -0.1) is 0 Å². The summed E-state index contributed by atoms with van der Waals surface area (Å²) in [5.74, 6) is -0.372. The number of aliphatic hydroxyl groups excluding tert-OH is 1. The van der Waals surface area contributed by atoms with Crippen molar-refractivity contribution in [2.75, 3.05) is 13.7 Å². The number of aliphatic hydroxyl groups is 1. The van der Waals surface area contributed by atoms with E-state index in [0.717, 1.165) is 15.6 Å². The fourth-order valence-corrected chi connectivity index (χ4v) is 2.82. The molecule has 2 aromatic carbocycles. The van der Waals surface area contributed by atoms with Crippen molar-refractivity contribution in [3.05, 3.63) is 66.8 Å². The SMILES string of the molecule is COC(=O)C(N)Cc1ccc(I)cc1.NC(CO)Cc1ccc(I)cc1. The average molecular weight is 582 g/mol. The Morgan fingerprint density at radius 1 is 0.962 bits per heavy atom. The Kier molecular flexibility index (Phi) is 11.3. The van der Waals surface area contributed by atoms with Gasteiger partial charge in [0.2, 0.25) is 0 Å². The van der Waals surface area contributed by atoms with E-state index >= 15 is 0 Å². The standard InChI is InChI=1S/C10H12INO2.C9H12INO/c1-14-10(13)9(12)6-7-2-4-8(11)5-3-7;10-8-3-1-7(2-4-8)5-9(11)6-12/h2-5,9H,6,12H2,1H3;1-4,9,12H,5-6,11H2. The van der Waals surface area contributed by atoms with Gasteiger partial charge in [0.1, 0.15) is 6.04 Å². The van der Waals surface area contributed by atoms with Crippen molar-refractivity contribution >= 4 is 51.2 Å². The van der Waals surface area contributed by atoms with Crippen molar-refractivity contribution in [1.29, 1.82) is 0 Å². The lowest BCUT2D eigenvalue weighted by Crippen LogP contribution is -2.33. The van der Waals surface area contributed by atoms with Gasteiger partial charge in [0.05, 0.1) is 13.7 Å². The van der Waals surface area contributed by atoms with Crippen molar-refractivity contribution in [2.45, 2.75) is 24.9 Å². The highest BCUT2D eigenvalue weighted by Gasteiger charge is 2.13. The van der Waals surface area contributed by atoms with Gasteiger partial charge in [-0.25, -0.2) is 0 Å². The lowest BCUT2D eigenvalue weighted by atomic mass is 10.1. The molecule has 5 nitrogen and oxygen atoms in total. The molecule has 7 heteroatoms. The van der Waals surface area contributed by atoms with Crippen LogP contribution >= 0.6 is 45.2 Å². The van der Waals surface area contributed by atoms with Crippen LogP contribution in [0, 0.1) is 7.14 Å². The largest absolute Gasteiger partial charge is 0.468 e. The van der Waals surface area contributed by atoms with E-state index in [4.69, 9.17) is 16.6 Å². The predicted molar refractivity (Wildman–Crippen MR) is 121 cm³/mol. The molecule has 0 aliphatic carbocycles. The highest BCUT2D eigenvalue weighted by molar-refractivity contribution is 14.1. The Balaban J connectivity index is 0.000000263. The Bertz CT molecular complexity index is 663. The highest BCUT2D eigenvalue weighted by Crippen LogP contribution is 2.09. The first kappa shape index (κ1) is 23.3.